The molecule has 2 aromatic rings. The number of aromatic amines is 1. The minimum absolute atomic E-state index is 0.365. The lowest BCUT2D eigenvalue weighted by molar-refractivity contribution is 0.411. The highest BCUT2D eigenvalue weighted by atomic mass is 19.1. The van der Waals surface area contributed by atoms with Crippen LogP contribution in [0, 0.1) is 5.82 Å². The second-order valence-electron chi connectivity index (χ2n) is 4.87. The lowest BCUT2D eigenvalue weighted by atomic mass is 10.1. The van der Waals surface area contributed by atoms with Crippen molar-refractivity contribution in [3.63, 3.8) is 0 Å². The standard InChI is InChI=1S/C14H16FN3O/c1-19-10-6-7-11(12(15)8-10)14-16-13(17-18-14)9-4-2-3-5-9/h6-9H,2-5H2,1H3,(H,16,17,18). The zero-order valence-corrected chi connectivity index (χ0v) is 10.8. The van der Waals surface area contributed by atoms with E-state index in [1.165, 1.54) is 26.0 Å². The summed E-state index contributed by atoms with van der Waals surface area (Å²) in [5.74, 6) is 1.87. The Labute approximate surface area is 111 Å². The molecular formula is C14H16FN3O. The van der Waals surface area contributed by atoms with Crippen LogP contribution in [-0.2, 0) is 0 Å². The van der Waals surface area contributed by atoms with Crippen molar-refractivity contribution in [2.75, 3.05) is 7.11 Å². The van der Waals surface area contributed by atoms with E-state index in [2.05, 4.69) is 15.2 Å². The number of H-pyrrole nitrogens is 1. The second-order valence-corrected chi connectivity index (χ2v) is 4.87. The van der Waals surface area contributed by atoms with Gasteiger partial charge in [-0.15, -0.1) is 0 Å². The Bertz CT molecular complexity index is 576. The zero-order valence-electron chi connectivity index (χ0n) is 10.8. The molecule has 1 aliphatic carbocycles. The third-order valence-corrected chi connectivity index (χ3v) is 3.66. The molecule has 1 heterocycles. The molecule has 0 radical (unpaired) electrons. The number of hydrogen-bond acceptors (Lipinski definition) is 3. The van der Waals surface area contributed by atoms with E-state index in [-0.39, 0.29) is 5.82 Å². The molecule has 1 N–H and O–H groups in total. The van der Waals surface area contributed by atoms with Gasteiger partial charge in [-0.2, -0.15) is 5.10 Å². The van der Waals surface area contributed by atoms with Crippen molar-refractivity contribution in [1.82, 2.24) is 15.2 Å². The highest BCUT2D eigenvalue weighted by molar-refractivity contribution is 5.57. The number of hydrogen-bond donors (Lipinski definition) is 1. The molecule has 1 saturated carbocycles. The zero-order chi connectivity index (χ0) is 13.2. The number of nitrogens with zero attached hydrogens (tertiary/aromatic N) is 2. The van der Waals surface area contributed by atoms with Gasteiger partial charge in [-0.05, 0) is 25.0 Å². The number of rotatable bonds is 3. The Morgan fingerprint density at radius 3 is 2.79 bits per heavy atom. The minimum atomic E-state index is -0.365. The molecule has 0 amide bonds. The van der Waals surface area contributed by atoms with Gasteiger partial charge in [0.1, 0.15) is 17.4 Å². The molecule has 3 rings (SSSR count). The van der Waals surface area contributed by atoms with Crippen molar-refractivity contribution < 1.29 is 9.13 Å². The van der Waals surface area contributed by atoms with Crippen LogP contribution in [0.25, 0.3) is 11.4 Å². The summed E-state index contributed by atoms with van der Waals surface area (Å²) >= 11 is 0. The molecule has 4 nitrogen and oxygen atoms in total. The number of benzene rings is 1. The number of nitrogens with one attached hydrogen (secondary N) is 1. The van der Waals surface area contributed by atoms with Crippen LogP contribution in [0.15, 0.2) is 18.2 Å². The maximum Gasteiger partial charge on any atom is 0.184 e. The summed E-state index contributed by atoms with van der Waals surface area (Å²) in [6.07, 6.45) is 4.74. The van der Waals surface area contributed by atoms with Crippen LogP contribution in [0.3, 0.4) is 0 Å². The Morgan fingerprint density at radius 1 is 1.32 bits per heavy atom. The van der Waals surface area contributed by atoms with E-state index < -0.39 is 0 Å². The first-order chi connectivity index (χ1) is 9.28. The Morgan fingerprint density at radius 2 is 2.11 bits per heavy atom. The molecule has 0 unspecified atom stereocenters. The molecule has 1 aromatic carbocycles. The van der Waals surface area contributed by atoms with Crippen LogP contribution >= 0.6 is 0 Å². The number of ether oxygens (including phenoxy) is 1. The smallest absolute Gasteiger partial charge is 0.184 e. The largest absolute Gasteiger partial charge is 0.497 e. The SMILES string of the molecule is COc1ccc(-c2n[nH]c(C3CCCC3)n2)c(F)c1. The monoisotopic (exact) mass is 261 g/mol. The quantitative estimate of drug-likeness (QED) is 0.922. The fourth-order valence-electron chi connectivity index (χ4n) is 2.58. The molecule has 0 spiro atoms. The average Bonchev–Trinajstić information content (AvgIpc) is 3.09. The molecule has 5 heteroatoms. The fourth-order valence-corrected chi connectivity index (χ4v) is 2.58. The Balaban J connectivity index is 1.89. The molecule has 100 valence electrons. The van der Waals surface area contributed by atoms with E-state index in [0.717, 1.165) is 18.7 Å². The topological polar surface area (TPSA) is 50.8 Å². The Kier molecular flexibility index (Phi) is 3.19. The first-order valence-electron chi connectivity index (χ1n) is 6.54. The van der Waals surface area contributed by atoms with Gasteiger partial charge in [-0.3, -0.25) is 5.10 Å². The van der Waals surface area contributed by atoms with Gasteiger partial charge >= 0.3 is 0 Å². The van der Waals surface area contributed by atoms with Gasteiger partial charge < -0.3 is 4.74 Å². The van der Waals surface area contributed by atoms with Gasteiger partial charge in [0, 0.05) is 12.0 Å². The van der Waals surface area contributed by atoms with E-state index in [1.54, 1.807) is 12.1 Å². The fraction of sp³-hybridized carbons (Fsp3) is 0.429. The summed E-state index contributed by atoms with van der Waals surface area (Å²) in [6, 6.07) is 4.71. The summed E-state index contributed by atoms with van der Waals surface area (Å²) in [5.41, 5.74) is 0.404. The number of methoxy groups -OCH3 is 1. The van der Waals surface area contributed by atoms with Crippen LogP contribution < -0.4 is 4.74 Å². The van der Waals surface area contributed by atoms with Gasteiger partial charge in [0.2, 0.25) is 0 Å². The van der Waals surface area contributed by atoms with Gasteiger partial charge in [0.05, 0.1) is 12.7 Å². The first kappa shape index (κ1) is 12.1. The van der Waals surface area contributed by atoms with Crippen molar-refractivity contribution in [1.29, 1.82) is 0 Å². The van der Waals surface area contributed by atoms with Gasteiger partial charge in [-0.1, -0.05) is 12.8 Å². The van der Waals surface area contributed by atoms with Gasteiger partial charge in [-0.25, -0.2) is 9.37 Å². The molecule has 1 aromatic heterocycles. The third kappa shape index (κ3) is 2.32. The second kappa shape index (κ2) is 4.99. The number of aromatic nitrogens is 3. The summed E-state index contributed by atoms with van der Waals surface area (Å²) < 4.78 is 18.9. The highest BCUT2D eigenvalue weighted by Gasteiger charge is 2.21. The Hall–Kier alpha value is -1.91. The molecule has 0 saturated heterocycles. The molecule has 0 atom stereocenters. The van der Waals surface area contributed by atoms with E-state index in [1.807, 2.05) is 0 Å². The van der Waals surface area contributed by atoms with Crippen molar-refractivity contribution >= 4 is 0 Å². The number of halogens is 1. The maximum atomic E-state index is 13.9. The molecule has 1 aliphatic rings. The van der Waals surface area contributed by atoms with Crippen LogP contribution in [0.4, 0.5) is 4.39 Å². The van der Waals surface area contributed by atoms with Crippen molar-refractivity contribution in [2.24, 2.45) is 0 Å². The normalized spacial score (nSPS) is 15.9. The van der Waals surface area contributed by atoms with Crippen molar-refractivity contribution in [3.8, 4) is 17.1 Å². The van der Waals surface area contributed by atoms with Crippen molar-refractivity contribution in [2.45, 2.75) is 31.6 Å². The molecule has 0 aliphatic heterocycles. The van der Waals surface area contributed by atoms with Crippen LogP contribution in [0.5, 0.6) is 5.75 Å². The lowest BCUT2D eigenvalue weighted by Gasteiger charge is -2.03. The van der Waals surface area contributed by atoms with Crippen LogP contribution in [0.2, 0.25) is 0 Å². The lowest BCUT2D eigenvalue weighted by Crippen LogP contribution is -1.95. The maximum absolute atomic E-state index is 13.9. The summed E-state index contributed by atoms with van der Waals surface area (Å²) in [4.78, 5) is 4.43. The van der Waals surface area contributed by atoms with Crippen molar-refractivity contribution in [3.05, 3.63) is 29.8 Å². The van der Waals surface area contributed by atoms with E-state index in [9.17, 15) is 4.39 Å². The van der Waals surface area contributed by atoms with Gasteiger partial charge in [0.15, 0.2) is 5.82 Å². The average molecular weight is 261 g/mol. The van der Waals surface area contributed by atoms with Crippen LogP contribution in [0.1, 0.15) is 37.4 Å². The summed E-state index contributed by atoms with van der Waals surface area (Å²) in [6.45, 7) is 0. The molecular weight excluding hydrogens is 245 g/mol. The predicted octanol–water partition coefficient (Wildman–Crippen LogP) is 3.28. The molecule has 1 fully saturated rings. The van der Waals surface area contributed by atoms with E-state index >= 15 is 0 Å². The van der Waals surface area contributed by atoms with Gasteiger partial charge in [0.25, 0.3) is 0 Å². The highest BCUT2D eigenvalue weighted by Crippen LogP contribution is 2.33. The van der Waals surface area contributed by atoms with E-state index in [4.69, 9.17) is 4.74 Å². The van der Waals surface area contributed by atoms with E-state index in [0.29, 0.717) is 23.1 Å². The first-order valence-corrected chi connectivity index (χ1v) is 6.54. The third-order valence-electron chi connectivity index (χ3n) is 3.66. The minimum Gasteiger partial charge on any atom is -0.497 e. The molecule has 0 bridgehead atoms. The molecule has 19 heavy (non-hydrogen) atoms. The summed E-state index contributed by atoms with van der Waals surface area (Å²) in [5, 5.41) is 7.07. The predicted molar refractivity (Wildman–Crippen MR) is 69.5 cm³/mol. The van der Waals surface area contributed by atoms with Crippen LogP contribution in [-0.4, -0.2) is 22.3 Å². The summed E-state index contributed by atoms with van der Waals surface area (Å²) in [7, 11) is 1.51.